The van der Waals surface area contributed by atoms with Gasteiger partial charge in [0.1, 0.15) is 19.8 Å². The Morgan fingerprint density at radius 2 is 1.96 bits per heavy atom. The highest BCUT2D eigenvalue weighted by Gasteiger charge is 2.17. The first kappa shape index (κ1) is 18.4. The predicted octanol–water partition coefficient (Wildman–Crippen LogP) is 3.97. The molecule has 0 spiro atoms. The van der Waals surface area contributed by atoms with Crippen molar-refractivity contribution < 1.29 is 19.0 Å². The number of carbonyl (C=O) groups is 1. The van der Waals surface area contributed by atoms with E-state index < -0.39 is 0 Å². The first-order valence-electron chi connectivity index (χ1n) is 9.01. The summed E-state index contributed by atoms with van der Waals surface area (Å²) >= 11 is 6.20. The Labute approximate surface area is 167 Å². The van der Waals surface area contributed by atoms with Crippen molar-refractivity contribution in [2.75, 3.05) is 13.2 Å². The number of fused-ring (bicyclic) bond motifs is 1. The summed E-state index contributed by atoms with van der Waals surface area (Å²) in [6.07, 6.45) is 4.52. The molecule has 1 aliphatic heterocycles. The molecule has 0 fully saturated rings. The van der Waals surface area contributed by atoms with Crippen LogP contribution in [0.5, 0.6) is 11.5 Å². The van der Waals surface area contributed by atoms with Gasteiger partial charge in [0.15, 0.2) is 11.5 Å². The molecule has 0 radical (unpaired) electrons. The molecule has 0 unspecified atom stereocenters. The van der Waals surface area contributed by atoms with Crippen molar-refractivity contribution in [2.24, 2.45) is 0 Å². The van der Waals surface area contributed by atoms with Crippen LogP contribution in [0.3, 0.4) is 0 Å². The summed E-state index contributed by atoms with van der Waals surface area (Å²) in [6, 6.07) is 13.3. The summed E-state index contributed by atoms with van der Waals surface area (Å²) in [6.45, 7) is 1.09. The molecular formula is C21H19ClN2O4. The average Bonchev–Trinajstić information content (AvgIpc) is 3.21. The number of esters is 1. The van der Waals surface area contributed by atoms with Gasteiger partial charge >= 0.3 is 5.97 Å². The molecule has 3 aromatic rings. The first-order valence-corrected chi connectivity index (χ1v) is 9.39. The smallest absolute Gasteiger partial charge is 0.306 e. The molecule has 0 N–H and O–H groups in total. The maximum atomic E-state index is 12.1. The Morgan fingerprint density at radius 3 is 2.82 bits per heavy atom. The summed E-state index contributed by atoms with van der Waals surface area (Å²) in [5.41, 5.74) is 2.72. The van der Waals surface area contributed by atoms with Crippen molar-refractivity contribution in [2.45, 2.75) is 19.4 Å². The van der Waals surface area contributed by atoms with Crippen molar-refractivity contribution in [1.29, 1.82) is 0 Å². The molecule has 6 nitrogen and oxygen atoms in total. The van der Waals surface area contributed by atoms with Gasteiger partial charge < -0.3 is 14.2 Å². The molecule has 1 aliphatic rings. The van der Waals surface area contributed by atoms with Crippen molar-refractivity contribution in [1.82, 2.24) is 9.78 Å². The van der Waals surface area contributed by atoms with Crippen LogP contribution < -0.4 is 9.47 Å². The molecule has 0 atom stereocenters. The Kier molecular flexibility index (Phi) is 5.48. The van der Waals surface area contributed by atoms with Gasteiger partial charge in [0.2, 0.25) is 0 Å². The van der Waals surface area contributed by atoms with Gasteiger partial charge in [-0.2, -0.15) is 5.10 Å². The number of para-hydroxylation sites is 1. The Morgan fingerprint density at radius 1 is 1.14 bits per heavy atom. The SMILES string of the molecule is O=C(CCc1cnn(-c2ccccc2)c1)OCc1cc(Cl)c2c(c1)OCCO2. The molecule has 2 aromatic carbocycles. The number of benzene rings is 2. The lowest BCUT2D eigenvalue weighted by atomic mass is 10.2. The quantitative estimate of drug-likeness (QED) is 0.588. The van der Waals surface area contributed by atoms with Crippen LogP contribution in [0.15, 0.2) is 54.9 Å². The lowest BCUT2D eigenvalue weighted by Gasteiger charge is -2.20. The summed E-state index contributed by atoms with van der Waals surface area (Å²) in [5, 5.41) is 4.79. The highest BCUT2D eigenvalue weighted by molar-refractivity contribution is 6.32. The largest absolute Gasteiger partial charge is 0.486 e. The van der Waals surface area contributed by atoms with Gasteiger partial charge in [-0.05, 0) is 41.8 Å². The van der Waals surface area contributed by atoms with Crippen LogP contribution in [0.2, 0.25) is 5.02 Å². The zero-order chi connectivity index (χ0) is 19.3. The fourth-order valence-electron chi connectivity index (χ4n) is 2.94. The Bertz CT molecular complexity index is 972. The van der Waals surface area contributed by atoms with E-state index in [2.05, 4.69) is 5.10 Å². The summed E-state index contributed by atoms with van der Waals surface area (Å²) < 4.78 is 18.2. The van der Waals surface area contributed by atoms with Crippen LogP contribution in [-0.2, 0) is 22.6 Å². The minimum atomic E-state index is -0.279. The Balaban J connectivity index is 1.30. The molecule has 2 heterocycles. The fourth-order valence-corrected chi connectivity index (χ4v) is 3.23. The predicted molar refractivity (Wildman–Crippen MR) is 104 cm³/mol. The van der Waals surface area contributed by atoms with Gasteiger partial charge in [-0.3, -0.25) is 4.79 Å². The van der Waals surface area contributed by atoms with E-state index >= 15 is 0 Å². The van der Waals surface area contributed by atoms with E-state index in [0.29, 0.717) is 36.2 Å². The van der Waals surface area contributed by atoms with Gasteiger partial charge in [0.05, 0.1) is 16.9 Å². The molecule has 0 saturated heterocycles. The minimum absolute atomic E-state index is 0.137. The molecule has 0 aliphatic carbocycles. The standard InChI is InChI=1S/C21H19ClN2O4/c22-18-10-16(11-19-21(18)27-9-8-26-19)14-28-20(25)7-6-15-12-23-24(13-15)17-4-2-1-3-5-17/h1-5,10-13H,6-9,14H2. The molecular weight excluding hydrogens is 380 g/mol. The second-order valence-electron chi connectivity index (χ2n) is 6.39. The molecule has 144 valence electrons. The number of nitrogens with zero attached hydrogens (tertiary/aromatic N) is 2. The van der Waals surface area contributed by atoms with E-state index in [-0.39, 0.29) is 19.0 Å². The minimum Gasteiger partial charge on any atom is -0.486 e. The molecule has 0 amide bonds. The fraction of sp³-hybridized carbons (Fsp3) is 0.238. The third-order valence-corrected chi connectivity index (χ3v) is 4.61. The average molecular weight is 399 g/mol. The van der Waals surface area contributed by atoms with Crippen LogP contribution in [0.4, 0.5) is 0 Å². The van der Waals surface area contributed by atoms with Crippen LogP contribution in [0, 0.1) is 0 Å². The molecule has 0 saturated carbocycles. The number of rotatable bonds is 6. The number of aromatic nitrogens is 2. The number of hydrogen-bond donors (Lipinski definition) is 0. The summed E-state index contributed by atoms with van der Waals surface area (Å²) in [7, 11) is 0. The third kappa shape index (κ3) is 4.28. The van der Waals surface area contributed by atoms with Gasteiger partial charge in [-0.25, -0.2) is 4.68 Å². The lowest BCUT2D eigenvalue weighted by Crippen LogP contribution is -2.16. The van der Waals surface area contributed by atoms with Gasteiger partial charge in [-0.1, -0.05) is 29.8 Å². The van der Waals surface area contributed by atoms with Crippen molar-refractivity contribution in [3.05, 3.63) is 71.0 Å². The van der Waals surface area contributed by atoms with Crippen molar-refractivity contribution in [3.63, 3.8) is 0 Å². The van der Waals surface area contributed by atoms with Gasteiger partial charge in [-0.15, -0.1) is 0 Å². The second kappa shape index (κ2) is 8.35. The Hall–Kier alpha value is -2.99. The molecule has 4 rings (SSSR count). The van der Waals surface area contributed by atoms with E-state index in [9.17, 15) is 4.79 Å². The topological polar surface area (TPSA) is 62.6 Å². The number of ether oxygens (including phenoxy) is 3. The summed E-state index contributed by atoms with van der Waals surface area (Å²) in [4.78, 5) is 12.1. The van der Waals surface area contributed by atoms with E-state index in [1.807, 2.05) is 36.5 Å². The molecule has 28 heavy (non-hydrogen) atoms. The highest BCUT2D eigenvalue weighted by Crippen LogP contribution is 2.38. The zero-order valence-electron chi connectivity index (χ0n) is 15.1. The van der Waals surface area contributed by atoms with Crippen LogP contribution in [-0.4, -0.2) is 29.0 Å². The summed E-state index contributed by atoms with van der Waals surface area (Å²) in [5.74, 6) is 0.843. The highest BCUT2D eigenvalue weighted by atomic mass is 35.5. The van der Waals surface area contributed by atoms with Crippen molar-refractivity contribution in [3.8, 4) is 17.2 Å². The number of carbonyl (C=O) groups excluding carboxylic acids is 1. The molecule has 0 bridgehead atoms. The van der Waals surface area contributed by atoms with E-state index in [4.69, 9.17) is 25.8 Å². The van der Waals surface area contributed by atoms with Crippen LogP contribution in [0.25, 0.3) is 5.69 Å². The van der Waals surface area contributed by atoms with E-state index in [1.165, 1.54) is 0 Å². The maximum absolute atomic E-state index is 12.1. The monoisotopic (exact) mass is 398 g/mol. The maximum Gasteiger partial charge on any atom is 0.306 e. The van der Waals surface area contributed by atoms with E-state index in [1.54, 1.807) is 23.0 Å². The normalized spacial score (nSPS) is 12.6. The van der Waals surface area contributed by atoms with Gasteiger partial charge in [0, 0.05) is 12.6 Å². The number of aryl methyl sites for hydroxylation is 1. The van der Waals surface area contributed by atoms with Gasteiger partial charge in [0.25, 0.3) is 0 Å². The first-order chi connectivity index (χ1) is 13.7. The third-order valence-electron chi connectivity index (χ3n) is 4.33. The molecule has 7 heteroatoms. The second-order valence-corrected chi connectivity index (χ2v) is 6.80. The van der Waals surface area contributed by atoms with Crippen molar-refractivity contribution >= 4 is 17.6 Å². The number of halogens is 1. The van der Waals surface area contributed by atoms with E-state index in [0.717, 1.165) is 16.8 Å². The lowest BCUT2D eigenvalue weighted by molar-refractivity contribution is -0.144. The molecule has 1 aromatic heterocycles. The zero-order valence-corrected chi connectivity index (χ0v) is 15.9. The van der Waals surface area contributed by atoms with Crippen LogP contribution >= 0.6 is 11.6 Å². The number of hydrogen-bond acceptors (Lipinski definition) is 5. The van der Waals surface area contributed by atoms with Crippen LogP contribution in [0.1, 0.15) is 17.5 Å².